The van der Waals surface area contributed by atoms with E-state index in [1.807, 2.05) is 24.3 Å². The number of thiophene rings is 1. The third kappa shape index (κ3) is 5.39. The van der Waals surface area contributed by atoms with Crippen molar-refractivity contribution in [2.45, 2.75) is 31.8 Å². The second kappa shape index (κ2) is 9.80. The molecule has 1 aliphatic rings. The molecule has 0 aliphatic heterocycles. The van der Waals surface area contributed by atoms with Crippen molar-refractivity contribution in [2.75, 3.05) is 5.32 Å². The Kier molecular flexibility index (Phi) is 6.58. The Balaban J connectivity index is 1.30. The van der Waals surface area contributed by atoms with Gasteiger partial charge in [0.25, 0.3) is 0 Å². The second-order valence-corrected chi connectivity index (χ2v) is 10.3. The van der Waals surface area contributed by atoms with E-state index in [9.17, 15) is 13.6 Å². The molecule has 1 unspecified atom stereocenters. The van der Waals surface area contributed by atoms with Gasteiger partial charge in [-0.25, -0.2) is 13.6 Å². The molecule has 0 spiro atoms. The zero-order chi connectivity index (χ0) is 24.5. The van der Waals surface area contributed by atoms with Gasteiger partial charge >= 0.3 is 6.09 Å². The Morgan fingerprint density at radius 3 is 2.26 bits per heavy atom. The number of ether oxygens (including phenoxy) is 1. The summed E-state index contributed by atoms with van der Waals surface area (Å²) in [7, 11) is 0. The summed E-state index contributed by atoms with van der Waals surface area (Å²) in [6.07, 6.45) is 0.794. The number of carbonyl (C=O) groups is 1. The van der Waals surface area contributed by atoms with Gasteiger partial charge in [-0.2, -0.15) is 0 Å². The van der Waals surface area contributed by atoms with Crippen LogP contribution in [0.5, 0.6) is 0 Å². The van der Waals surface area contributed by atoms with Crippen LogP contribution in [0.4, 0.5) is 19.3 Å². The number of hydrogen-bond donors (Lipinski definition) is 1. The number of nitrogens with one attached hydrogen (secondary N) is 1. The minimum Gasteiger partial charge on any atom is -0.441 e. The molecule has 1 aliphatic carbocycles. The summed E-state index contributed by atoms with van der Waals surface area (Å²) in [5, 5.41) is 2.68. The van der Waals surface area contributed by atoms with Crippen molar-refractivity contribution < 1.29 is 18.3 Å². The lowest BCUT2D eigenvalue weighted by molar-refractivity contribution is 0.119. The molecule has 3 aromatic carbocycles. The summed E-state index contributed by atoms with van der Waals surface area (Å²) in [6, 6.07) is 21.4. The van der Waals surface area contributed by atoms with Crippen molar-refractivity contribution in [2.24, 2.45) is 0 Å². The molecule has 0 bridgehead atoms. The summed E-state index contributed by atoms with van der Waals surface area (Å²) in [6.45, 7) is 1.48. The third-order valence-electron chi connectivity index (χ3n) is 6.06. The normalized spacial score (nSPS) is 13.9. The Hall–Kier alpha value is -3.22. The van der Waals surface area contributed by atoms with Crippen LogP contribution in [-0.4, -0.2) is 6.09 Å². The van der Waals surface area contributed by atoms with Gasteiger partial charge in [0, 0.05) is 5.56 Å². The monoisotopic (exact) mass is 509 g/mol. The molecule has 7 heteroatoms. The standard InChI is InChI=1S/C28H22ClF2NO2S/c1-16(23-14-22(30)12-13-24(23)31)34-28(33)32-25-15-26(29)35-27(25)21-10-8-20(9-11-21)19-6-4-18(5-7-19)17-2-3-17/h4-17H,2-3H2,1H3,(H,32,33). The van der Waals surface area contributed by atoms with E-state index in [0.29, 0.717) is 10.0 Å². The molecular formula is C28H22ClF2NO2S. The summed E-state index contributed by atoms with van der Waals surface area (Å²) in [5.74, 6) is -0.525. The van der Waals surface area contributed by atoms with Crippen molar-refractivity contribution in [3.63, 3.8) is 0 Å². The Morgan fingerprint density at radius 1 is 0.971 bits per heavy atom. The molecule has 1 atom stereocenters. The van der Waals surface area contributed by atoms with Crippen molar-refractivity contribution in [3.05, 3.63) is 99.9 Å². The van der Waals surface area contributed by atoms with E-state index < -0.39 is 23.8 Å². The van der Waals surface area contributed by atoms with Gasteiger partial charge in [-0.3, -0.25) is 5.32 Å². The molecule has 1 N–H and O–H groups in total. The highest BCUT2D eigenvalue weighted by Crippen LogP contribution is 2.42. The zero-order valence-electron chi connectivity index (χ0n) is 18.9. The first-order valence-corrected chi connectivity index (χ1v) is 12.5. The van der Waals surface area contributed by atoms with Gasteiger partial charge in [0.05, 0.1) is 14.9 Å². The van der Waals surface area contributed by atoms with E-state index in [1.165, 1.54) is 36.7 Å². The summed E-state index contributed by atoms with van der Waals surface area (Å²) >= 11 is 7.57. The minimum atomic E-state index is -0.978. The first-order valence-electron chi connectivity index (χ1n) is 11.3. The summed E-state index contributed by atoms with van der Waals surface area (Å²) in [5.41, 5.74) is 4.97. The SMILES string of the molecule is CC(OC(=O)Nc1cc(Cl)sc1-c1ccc(-c2ccc(C3CC3)cc2)cc1)c1cc(F)ccc1F. The lowest BCUT2D eigenvalue weighted by Crippen LogP contribution is -2.16. The highest BCUT2D eigenvalue weighted by Gasteiger charge is 2.23. The number of anilines is 1. The van der Waals surface area contributed by atoms with E-state index in [0.717, 1.165) is 45.7 Å². The molecule has 5 rings (SSSR count). The van der Waals surface area contributed by atoms with Gasteiger partial charge < -0.3 is 4.74 Å². The lowest BCUT2D eigenvalue weighted by atomic mass is 10.0. The van der Waals surface area contributed by atoms with Crippen molar-refractivity contribution >= 4 is 34.7 Å². The fourth-order valence-corrected chi connectivity index (χ4v) is 5.22. The maximum absolute atomic E-state index is 14.0. The second-order valence-electron chi connectivity index (χ2n) is 8.61. The predicted octanol–water partition coefficient (Wildman–Crippen LogP) is 9.20. The first kappa shape index (κ1) is 23.5. The van der Waals surface area contributed by atoms with Crippen LogP contribution < -0.4 is 5.32 Å². The van der Waals surface area contributed by atoms with Crippen LogP contribution in [0.1, 0.15) is 42.9 Å². The quantitative estimate of drug-likeness (QED) is 0.281. The number of rotatable bonds is 6. The summed E-state index contributed by atoms with van der Waals surface area (Å²) < 4.78 is 33.3. The smallest absolute Gasteiger partial charge is 0.412 e. The molecule has 178 valence electrons. The van der Waals surface area contributed by atoms with E-state index in [1.54, 1.807) is 6.07 Å². The van der Waals surface area contributed by atoms with Crippen LogP contribution in [0.15, 0.2) is 72.8 Å². The van der Waals surface area contributed by atoms with E-state index in [-0.39, 0.29) is 5.56 Å². The predicted molar refractivity (Wildman–Crippen MR) is 137 cm³/mol. The van der Waals surface area contributed by atoms with Gasteiger partial charge in [-0.15, -0.1) is 11.3 Å². The molecule has 0 radical (unpaired) electrons. The Bertz CT molecular complexity index is 1360. The molecule has 3 nitrogen and oxygen atoms in total. The van der Waals surface area contributed by atoms with Crippen molar-refractivity contribution in [3.8, 4) is 21.6 Å². The number of hydrogen-bond acceptors (Lipinski definition) is 3. The topological polar surface area (TPSA) is 38.3 Å². The lowest BCUT2D eigenvalue weighted by Gasteiger charge is -2.15. The Morgan fingerprint density at radius 2 is 1.60 bits per heavy atom. The average molecular weight is 510 g/mol. The van der Waals surface area contributed by atoms with Gasteiger partial charge in [0.2, 0.25) is 0 Å². The highest BCUT2D eigenvalue weighted by molar-refractivity contribution is 7.20. The van der Waals surface area contributed by atoms with Gasteiger partial charge in [0.15, 0.2) is 0 Å². The van der Waals surface area contributed by atoms with Gasteiger partial charge in [-0.05, 0) is 72.2 Å². The van der Waals surface area contributed by atoms with Crippen LogP contribution in [0.2, 0.25) is 4.34 Å². The fourth-order valence-electron chi connectivity index (χ4n) is 4.04. The van der Waals surface area contributed by atoms with Crippen LogP contribution in [0, 0.1) is 11.6 Å². The molecule has 1 heterocycles. The molecule has 1 amide bonds. The molecular weight excluding hydrogens is 488 g/mol. The number of amides is 1. The number of halogens is 3. The highest BCUT2D eigenvalue weighted by atomic mass is 35.5. The molecule has 0 saturated heterocycles. The molecule has 1 aromatic heterocycles. The van der Waals surface area contributed by atoms with Gasteiger partial charge in [0.1, 0.15) is 17.7 Å². The van der Waals surface area contributed by atoms with E-state index in [4.69, 9.17) is 16.3 Å². The van der Waals surface area contributed by atoms with Crippen LogP contribution in [-0.2, 0) is 4.74 Å². The fraction of sp³-hybridized carbons (Fsp3) is 0.179. The van der Waals surface area contributed by atoms with Crippen molar-refractivity contribution in [1.29, 1.82) is 0 Å². The zero-order valence-corrected chi connectivity index (χ0v) is 20.4. The summed E-state index contributed by atoms with van der Waals surface area (Å²) in [4.78, 5) is 13.3. The number of carbonyl (C=O) groups excluding carboxylic acids is 1. The molecule has 4 aromatic rings. The third-order valence-corrected chi connectivity index (χ3v) is 7.37. The molecule has 1 fully saturated rings. The number of benzene rings is 3. The largest absolute Gasteiger partial charge is 0.441 e. The maximum Gasteiger partial charge on any atom is 0.412 e. The van der Waals surface area contributed by atoms with Crippen LogP contribution in [0.25, 0.3) is 21.6 Å². The first-order chi connectivity index (χ1) is 16.9. The average Bonchev–Trinajstić information content (AvgIpc) is 3.63. The maximum atomic E-state index is 14.0. The molecule has 1 saturated carbocycles. The Labute approximate surface area is 211 Å². The van der Waals surface area contributed by atoms with Gasteiger partial charge in [-0.1, -0.05) is 60.1 Å². The van der Waals surface area contributed by atoms with Crippen LogP contribution in [0.3, 0.4) is 0 Å². The van der Waals surface area contributed by atoms with Crippen LogP contribution >= 0.6 is 22.9 Å². The minimum absolute atomic E-state index is 0.0375. The van der Waals surface area contributed by atoms with Crippen molar-refractivity contribution in [1.82, 2.24) is 0 Å². The van der Waals surface area contributed by atoms with E-state index >= 15 is 0 Å². The molecule has 35 heavy (non-hydrogen) atoms. The van der Waals surface area contributed by atoms with E-state index in [2.05, 4.69) is 29.6 Å².